The Bertz CT molecular complexity index is 989. The molecule has 8 heteroatoms. The third-order valence-corrected chi connectivity index (χ3v) is 5.07. The first-order valence-electron chi connectivity index (χ1n) is 9.65. The lowest BCUT2D eigenvalue weighted by molar-refractivity contribution is 0.0933. The minimum atomic E-state index is -0.263. The zero-order valence-electron chi connectivity index (χ0n) is 16.6. The van der Waals surface area contributed by atoms with E-state index in [-0.39, 0.29) is 30.2 Å². The second kappa shape index (κ2) is 9.73. The molecule has 0 saturated heterocycles. The number of benzene rings is 2. The molecule has 0 radical (unpaired) electrons. The fourth-order valence-corrected chi connectivity index (χ4v) is 3.36. The topological polar surface area (TPSA) is 79.0 Å². The Morgan fingerprint density at radius 1 is 1.20 bits per heavy atom. The number of carbonyl (C=O) groups excluding carboxylic acids is 1. The third-order valence-electron chi connectivity index (χ3n) is 5.07. The predicted molar refractivity (Wildman–Crippen MR) is 114 cm³/mol. The molecule has 3 aromatic rings. The van der Waals surface area contributed by atoms with Crippen molar-refractivity contribution in [2.24, 2.45) is 0 Å². The maximum absolute atomic E-state index is 13.0. The van der Waals surface area contributed by atoms with Gasteiger partial charge in [0.2, 0.25) is 0 Å². The van der Waals surface area contributed by atoms with Crippen LogP contribution in [0.4, 0.5) is 4.39 Å². The number of H-pyrrole nitrogens is 1. The molecule has 1 aliphatic rings. The van der Waals surface area contributed by atoms with Gasteiger partial charge in [-0.25, -0.2) is 4.39 Å². The number of fused-ring (bicyclic) bond motifs is 1. The highest BCUT2D eigenvalue weighted by molar-refractivity contribution is 5.94. The summed E-state index contributed by atoms with van der Waals surface area (Å²) < 4.78 is 18.7. The Kier molecular flexibility index (Phi) is 7.07. The van der Waals surface area contributed by atoms with E-state index in [1.165, 1.54) is 12.1 Å². The summed E-state index contributed by atoms with van der Waals surface area (Å²) >= 11 is 0. The van der Waals surface area contributed by atoms with Crippen molar-refractivity contribution in [3.63, 3.8) is 0 Å². The number of halogens is 2. The van der Waals surface area contributed by atoms with Gasteiger partial charge in [-0.15, -0.1) is 12.4 Å². The standard InChI is InChI=1S/C22H23FN4O2.ClH/c1-14(25-22(28)21-19-12-24-11-10-20(19)26-27-21)16-4-8-18(9-5-16)29-13-15-2-6-17(23)7-3-15;/h2-9,14,24H,10-13H2,1H3,(H,25,28)(H,26,27);1H. The quantitative estimate of drug-likeness (QED) is 0.557. The van der Waals surface area contributed by atoms with E-state index in [2.05, 4.69) is 20.8 Å². The Hall–Kier alpha value is -2.90. The normalized spacial score (nSPS) is 13.7. The van der Waals surface area contributed by atoms with Crippen LogP contribution in [0.25, 0.3) is 0 Å². The van der Waals surface area contributed by atoms with E-state index >= 15 is 0 Å². The summed E-state index contributed by atoms with van der Waals surface area (Å²) in [6.07, 6.45) is 0.852. The minimum Gasteiger partial charge on any atom is -0.489 e. The van der Waals surface area contributed by atoms with Gasteiger partial charge in [-0.2, -0.15) is 5.10 Å². The molecule has 0 saturated carbocycles. The summed E-state index contributed by atoms with van der Waals surface area (Å²) in [4.78, 5) is 12.6. The van der Waals surface area contributed by atoms with Crippen LogP contribution in [-0.2, 0) is 19.6 Å². The first-order valence-corrected chi connectivity index (χ1v) is 9.65. The number of hydrogen-bond acceptors (Lipinski definition) is 4. The molecule has 1 atom stereocenters. The SMILES string of the molecule is CC(NC(=O)c1n[nH]c2c1CNCC2)c1ccc(OCc2ccc(F)cc2)cc1.Cl. The summed E-state index contributed by atoms with van der Waals surface area (Å²) in [6, 6.07) is 13.6. The number of aromatic amines is 1. The van der Waals surface area contributed by atoms with Crippen molar-refractivity contribution in [1.82, 2.24) is 20.8 Å². The highest BCUT2D eigenvalue weighted by Gasteiger charge is 2.22. The van der Waals surface area contributed by atoms with Gasteiger partial charge in [0.05, 0.1) is 6.04 Å². The average Bonchev–Trinajstić information content (AvgIpc) is 3.18. The number of amides is 1. The van der Waals surface area contributed by atoms with Gasteiger partial charge in [-0.1, -0.05) is 24.3 Å². The molecule has 0 spiro atoms. The molecule has 3 N–H and O–H groups in total. The number of aromatic nitrogens is 2. The highest BCUT2D eigenvalue weighted by Crippen LogP contribution is 2.20. The maximum Gasteiger partial charge on any atom is 0.272 e. The predicted octanol–water partition coefficient (Wildman–Crippen LogP) is 3.69. The smallest absolute Gasteiger partial charge is 0.272 e. The zero-order chi connectivity index (χ0) is 20.2. The molecular formula is C22H24ClFN4O2. The molecule has 1 unspecified atom stereocenters. The Balaban J connectivity index is 0.00000256. The maximum atomic E-state index is 13.0. The minimum absolute atomic E-state index is 0. The van der Waals surface area contributed by atoms with E-state index in [0.29, 0.717) is 24.6 Å². The van der Waals surface area contributed by atoms with Gasteiger partial charge in [0.25, 0.3) is 5.91 Å². The third kappa shape index (κ3) is 4.98. The van der Waals surface area contributed by atoms with Crippen LogP contribution < -0.4 is 15.4 Å². The molecule has 6 nitrogen and oxygen atoms in total. The lowest BCUT2D eigenvalue weighted by atomic mass is 10.1. The number of nitrogens with zero attached hydrogens (tertiary/aromatic N) is 1. The molecule has 0 fully saturated rings. The molecule has 0 aliphatic carbocycles. The summed E-state index contributed by atoms with van der Waals surface area (Å²) in [6.45, 7) is 3.85. The first-order chi connectivity index (χ1) is 14.1. The van der Waals surface area contributed by atoms with Crippen LogP contribution in [0.5, 0.6) is 5.75 Å². The molecule has 2 heterocycles. The number of nitrogens with one attached hydrogen (secondary N) is 3. The molecule has 1 aromatic heterocycles. The summed E-state index contributed by atoms with van der Waals surface area (Å²) in [5, 5.41) is 13.4. The van der Waals surface area contributed by atoms with Crippen LogP contribution in [0.2, 0.25) is 0 Å². The van der Waals surface area contributed by atoms with Crippen LogP contribution in [0.3, 0.4) is 0 Å². The van der Waals surface area contributed by atoms with Crippen molar-refractivity contribution in [2.45, 2.75) is 32.5 Å². The van der Waals surface area contributed by atoms with Gasteiger partial charge in [0.1, 0.15) is 18.2 Å². The molecule has 2 aromatic carbocycles. The van der Waals surface area contributed by atoms with Gasteiger partial charge in [-0.05, 0) is 42.3 Å². The van der Waals surface area contributed by atoms with E-state index in [0.717, 1.165) is 35.3 Å². The number of hydrogen-bond donors (Lipinski definition) is 3. The van der Waals surface area contributed by atoms with Gasteiger partial charge < -0.3 is 15.4 Å². The van der Waals surface area contributed by atoms with Crippen LogP contribution in [0.1, 0.15) is 45.8 Å². The first kappa shape index (κ1) is 21.8. The molecule has 30 heavy (non-hydrogen) atoms. The van der Waals surface area contributed by atoms with Gasteiger partial charge >= 0.3 is 0 Å². The number of ether oxygens (including phenoxy) is 1. The molecule has 1 aliphatic heterocycles. The van der Waals surface area contributed by atoms with Crippen LogP contribution in [0, 0.1) is 5.82 Å². The average molecular weight is 431 g/mol. The van der Waals surface area contributed by atoms with Gasteiger partial charge in [0, 0.05) is 30.8 Å². The number of rotatable bonds is 6. The fourth-order valence-electron chi connectivity index (χ4n) is 3.36. The lowest BCUT2D eigenvalue weighted by Crippen LogP contribution is -2.30. The van der Waals surface area contributed by atoms with E-state index < -0.39 is 0 Å². The summed E-state index contributed by atoms with van der Waals surface area (Å²) in [5.41, 5.74) is 4.30. The van der Waals surface area contributed by atoms with Crippen molar-refractivity contribution in [1.29, 1.82) is 0 Å². The van der Waals surface area contributed by atoms with Crippen molar-refractivity contribution < 1.29 is 13.9 Å². The second-order valence-corrected chi connectivity index (χ2v) is 7.14. The molecule has 0 bridgehead atoms. The van der Waals surface area contributed by atoms with Crippen LogP contribution in [-0.4, -0.2) is 22.6 Å². The largest absolute Gasteiger partial charge is 0.489 e. The summed E-state index contributed by atoms with van der Waals surface area (Å²) in [5.74, 6) is 0.264. The monoisotopic (exact) mass is 430 g/mol. The second-order valence-electron chi connectivity index (χ2n) is 7.14. The molecule has 4 rings (SSSR count). The lowest BCUT2D eigenvalue weighted by Gasteiger charge is -2.16. The zero-order valence-corrected chi connectivity index (χ0v) is 17.4. The Labute approximate surface area is 180 Å². The van der Waals surface area contributed by atoms with E-state index in [4.69, 9.17) is 4.74 Å². The molecule has 1 amide bonds. The van der Waals surface area contributed by atoms with E-state index in [9.17, 15) is 9.18 Å². The molecule has 158 valence electrons. The summed E-state index contributed by atoms with van der Waals surface area (Å²) in [7, 11) is 0. The van der Waals surface area contributed by atoms with Crippen LogP contribution >= 0.6 is 12.4 Å². The Morgan fingerprint density at radius 3 is 2.67 bits per heavy atom. The van der Waals surface area contributed by atoms with Crippen molar-refractivity contribution in [3.05, 3.63) is 82.4 Å². The van der Waals surface area contributed by atoms with Gasteiger partial charge in [0.15, 0.2) is 5.69 Å². The Morgan fingerprint density at radius 2 is 1.93 bits per heavy atom. The number of carbonyl (C=O) groups is 1. The van der Waals surface area contributed by atoms with Gasteiger partial charge in [-0.3, -0.25) is 9.89 Å². The molecular weight excluding hydrogens is 407 g/mol. The van der Waals surface area contributed by atoms with E-state index in [1.807, 2.05) is 31.2 Å². The fraction of sp³-hybridized carbons (Fsp3) is 0.273. The van der Waals surface area contributed by atoms with Crippen molar-refractivity contribution in [2.75, 3.05) is 6.54 Å². The van der Waals surface area contributed by atoms with Crippen molar-refractivity contribution >= 4 is 18.3 Å². The highest BCUT2D eigenvalue weighted by atomic mass is 35.5. The van der Waals surface area contributed by atoms with Crippen LogP contribution in [0.15, 0.2) is 48.5 Å². The van der Waals surface area contributed by atoms with Crippen molar-refractivity contribution in [3.8, 4) is 5.75 Å². The van der Waals surface area contributed by atoms with E-state index in [1.54, 1.807) is 12.1 Å².